The van der Waals surface area contributed by atoms with Gasteiger partial charge in [-0.2, -0.15) is 0 Å². The molecule has 0 fully saturated rings. The van der Waals surface area contributed by atoms with E-state index in [1.807, 2.05) is 6.92 Å². The molecule has 0 aliphatic heterocycles. The lowest BCUT2D eigenvalue weighted by Crippen LogP contribution is -2.21. The Morgan fingerprint density at radius 3 is 2.59 bits per heavy atom. The SMILES string of the molecule is CCC(C)C(=O)CS(=O)(=O)c1cccc(F)c1. The van der Waals surface area contributed by atoms with Crippen LogP contribution in [0.2, 0.25) is 0 Å². The van der Waals surface area contributed by atoms with Crippen LogP contribution in [0, 0.1) is 11.7 Å². The second-order valence-electron chi connectivity index (χ2n) is 3.99. The summed E-state index contributed by atoms with van der Waals surface area (Å²) in [6.45, 7) is 3.50. The summed E-state index contributed by atoms with van der Waals surface area (Å²) < 4.78 is 36.6. The third-order valence-corrected chi connectivity index (χ3v) is 4.29. The minimum Gasteiger partial charge on any atom is -0.298 e. The largest absolute Gasteiger partial charge is 0.298 e. The molecule has 0 saturated carbocycles. The van der Waals surface area contributed by atoms with Crippen molar-refractivity contribution in [3.05, 3.63) is 30.1 Å². The average Bonchev–Trinajstić information content (AvgIpc) is 2.27. The predicted molar refractivity (Wildman–Crippen MR) is 62.9 cm³/mol. The smallest absolute Gasteiger partial charge is 0.185 e. The van der Waals surface area contributed by atoms with Crippen molar-refractivity contribution in [3.63, 3.8) is 0 Å². The van der Waals surface area contributed by atoms with Crippen LogP contribution < -0.4 is 0 Å². The van der Waals surface area contributed by atoms with E-state index in [4.69, 9.17) is 0 Å². The highest BCUT2D eigenvalue weighted by Crippen LogP contribution is 2.14. The number of carbonyl (C=O) groups is 1. The molecular formula is C12H15FO3S. The molecule has 0 bridgehead atoms. The lowest BCUT2D eigenvalue weighted by molar-refractivity contribution is -0.119. The van der Waals surface area contributed by atoms with Crippen molar-refractivity contribution in [2.45, 2.75) is 25.2 Å². The summed E-state index contributed by atoms with van der Waals surface area (Å²) in [6.07, 6.45) is 0.595. The summed E-state index contributed by atoms with van der Waals surface area (Å²) in [6, 6.07) is 4.70. The molecule has 0 radical (unpaired) electrons. The van der Waals surface area contributed by atoms with Crippen molar-refractivity contribution < 1.29 is 17.6 Å². The summed E-state index contributed by atoms with van der Waals surface area (Å²) >= 11 is 0. The highest BCUT2D eigenvalue weighted by Gasteiger charge is 2.22. The molecule has 0 spiro atoms. The van der Waals surface area contributed by atoms with Crippen molar-refractivity contribution in [2.75, 3.05) is 5.75 Å². The summed E-state index contributed by atoms with van der Waals surface area (Å²) in [5.41, 5.74) is 0. The highest BCUT2D eigenvalue weighted by atomic mass is 32.2. The molecule has 0 amide bonds. The monoisotopic (exact) mass is 258 g/mol. The van der Waals surface area contributed by atoms with Crippen molar-refractivity contribution in [1.29, 1.82) is 0 Å². The van der Waals surface area contributed by atoms with Crippen molar-refractivity contribution in [2.24, 2.45) is 5.92 Å². The van der Waals surface area contributed by atoms with Gasteiger partial charge >= 0.3 is 0 Å². The number of hydrogen-bond donors (Lipinski definition) is 0. The first-order valence-electron chi connectivity index (χ1n) is 5.38. The molecule has 0 aliphatic rings. The van der Waals surface area contributed by atoms with Crippen molar-refractivity contribution >= 4 is 15.6 Å². The molecule has 1 atom stereocenters. The molecule has 94 valence electrons. The molecule has 0 heterocycles. The maximum Gasteiger partial charge on any atom is 0.185 e. The summed E-state index contributed by atoms with van der Waals surface area (Å²) in [7, 11) is -3.73. The lowest BCUT2D eigenvalue weighted by Gasteiger charge is -2.08. The zero-order chi connectivity index (χ0) is 13.1. The van der Waals surface area contributed by atoms with Crippen LogP contribution in [0.1, 0.15) is 20.3 Å². The number of sulfone groups is 1. The molecule has 0 N–H and O–H groups in total. The number of Topliss-reactive ketones (excluding diaryl/α,β-unsaturated/α-hetero) is 1. The van der Waals surface area contributed by atoms with E-state index in [0.29, 0.717) is 6.42 Å². The Morgan fingerprint density at radius 2 is 2.06 bits per heavy atom. The summed E-state index contributed by atoms with van der Waals surface area (Å²) in [5, 5.41) is 0. The van der Waals surface area contributed by atoms with Gasteiger partial charge in [0, 0.05) is 5.92 Å². The topological polar surface area (TPSA) is 51.2 Å². The molecule has 0 aliphatic carbocycles. The Hall–Kier alpha value is -1.23. The van der Waals surface area contributed by atoms with Gasteiger partial charge in [-0.3, -0.25) is 4.79 Å². The van der Waals surface area contributed by atoms with E-state index in [-0.39, 0.29) is 16.6 Å². The molecule has 17 heavy (non-hydrogen) atoms. The van der Waals surface area contributed by atoms with Gasteiger partial charge in [-0.25, -0.2) is 12.8 Å². The lowest BCUT2D eigenvalue weighted by atomic mass is 10.1. The minimum atomic E-state index is -3.73. The molecule has 1 aromatic carbocycles. The van der Waals surface area contributed by atoms with E-state index in [1.165, 1.54) is 12.1 Å². The van der Waals surface area contributed by atoms with E-state index >= 15 is 0 Å². The van der Waals surface area contributed by atoms with Crippen LogP contribution in [0.4, 0.5) is 4.39 Å². The quantitative estimate of drug-likeness (QED) is 0.813. The van der Waals surface area contributed by atoms with Gasteiger partial charge in [-0.1, -0.05) is 19.9 Å². The molecular weight excluding hydrogens is 243 g/mol. The van der Waals surface area contributed by atoms with E-state index in [0.717, 1.165) is 12.1 Å². The second kappa shape index (κ2) is 5.40. The summed E-state index contributed by atoms with van der Waals surface area (Å²) in [4.78, 5) is 11.4. The Labute approximate surface area is 101 Å². The van der Waals surface area contributed by atoms with Crippen molar-refractivity contribution in [3.8, 4) is 0 Å². The molecule has 5 heteroatoms. The van der Waals surface area contributed by atoms with Gasteiger partial charge in [0.25, 0.3) is 0 Å². The zero-order valence-electron chi connectivity index (χ0n) is 9.81. The van der Waals surface area contributed by atoms with Gasteiger partial charge in [0.2, 0.25) is 0 Å². The molecule has 1 aromatic rings. The Kier molecular flexibility index (Phi) is 4.40. The van der Waals surface area contributed by atoms with Gasteiger partial charge in [0.1, 0.15) is 11.6 Å². The minimum absolute atomic E-state index is 0.144. The van der Waals surface area contributed by atoms with E-state index in [9.17, 15) is 17.6 Å². The molecule has 0 saturated heterocycles. The van der Waals surface area contributed by atoms with Crippen LogP contribution >= 0.6 is 0 Å². The maximum atomic E-state index is 12.9. The normalized spacial score (nSPS) is 13.4. The zero-order valence-corrected chi connectivity index (χ0v) is 10.6. The number of ketones is 1. The van der Waals surface area contributed by atoms with Gasteiger partial charge < -0.3 is 0 Å². The Balaban J connectivity index is 2.94. The Bertz CT molecular complexity index is 508. The highest BCUT2D eigenvalue weighted by molar-refractivity contribution is 7.92. The molecule has 1 unspecified atom stereocenters. The first-order chi connectivity index (χ1) is 7.86. The van der Waals surface area contributed by atoms with E-state index in [2.05, 4.69) is 0 Å². The number of benzene rings is 1. The van der Waals surface area contributed by atoms with Gasteiger partial charge in [-0.15, -0.1) is 0 Å². The van der Waals surface area contributed by atoms with Crippen LogP contribution in [0.3, 0.4) is 0 Å². The maximum absolute atomic E-state index is 12.9. The number of carbonyl (C=O) groups excluding carboxylic acids is 1. The number of hydrogen-bond acceptors (Lipinski definition) is 3. The first kappa shape index (κ1) is 13.8. The fraction of sp³-hybridized carbons (Fsp3) is 0.417. The fourth-order valence-electron chi connectivity index (χ4n) is 1.30. The van der Waals surface area contributed by atoms with Crippen LogP contribution in [-0.2, 0) is 14.6 Å². The second-order valence-corrected chi connectivity index (χ2v) is 5.98. The third-order valence-electron chi connectivity index (χ3n) is 2.65. The van der Waals surface area contributed by atoms with E-state index in [1.54, 1.807) is 6.92 Å². The predicted octanol–water partition coefficient (Wildman–Crippen LogP) is 2.21. The van der Waals surface area contributed by atoms with Gasteiger partial charge in [-0.05, 0) is 24.6 Å². The third kappa shape index (κ3) is 3.63. The van der Waals surface area contributed by atoms with Crippen molar-refractivity contribution in [1.82, 2.24) is 0 Å². The van der Waals surface area contributed by atoms with Crippen LogP contribution in [0.5, 0.6) is 0 Å². The standard InChI is InChI=1S/C12H15FO3S/c1-3-9(2)12(14)8-17(15,16)11-6-4-5-10(13)7-11/h4-7,9H,3,8H2,1-2H3. The van der Waals surface area contributed by atoms with Gasteiger partial charge in [0.05, 0.1) is 4.90 Å². The number of halogens is 1. The van der Waals surface area contributed by atoms with Crippen LogP contribution in [0.25, 0.3) is 0 Å². The van der Waals surface area contributed by atoms with Crippen LogP contribution in [0.15, 0.2) is 29.2 Å². The number of rotatable bonds is 5. The molecule has 1 rings (SSSR count). The van der Waals surface area contributed by atoms with E-state index < -0.39 is 21.4 Å². The van der Waals surface area contributed by atoms with Gasteiger partial charge in [0.15, 0.2) is 15.6 Å². The molecule has 3 nitrogen and oxygen atoms in total. The Morgan fingerprint density at radius 1 is 1.41 bits per heavy atom. The fourth-order valence-corrected chi connectivity index (χ4v) is 2.70. The summed E-state index contributed by atoms with van der Waals surface area (Å²) in [5.74, 6) is -1.82. The average molecular weight is 258 g/mol. The first-order valence-corrected chi connectivity index (χ1v) is 7.03. The van der Waals surface area contributed by atoms with Crippen LogP contribution in [-0.4, -0.2) is 20.0 Å². The molecule has 0 aromatic heterocycles.